The maximum absolute atomic E-state index is 14.7. The molecule has 5 rings (SSSR count). The Balaban J connectivity index is 0.00000119. The van der Waals surface area contributed by atoms with Gasteiger partial charge in [-0.05, 0) is 42.8 Å². The van der Waals surface area contributed by atoms with E-state index in [1.165, 1.54) is 6.07 Å². The number of halogens is 1. The minimum atomic E-state index is -0.294. The topological polar surface area (TPSA) is 54.7 Å². The summed E-state index contributed by atoms with van der Waals surface area (Å²) in [6.45, 7) is 11.2. The number of rotatable bonds is 4. The molecular formula is C25H26FN5O. The largest absolute Gasteiger partial charge is 0.378 e. The summed E-state index contributed by atoms with van der Waals surface area (Å²) >= 11 is 0. The Labute approximate surface area is 187 Å². The number of hydrogen-bond acceptors (Lipinski definition) is 5. The second-order valence-electron chi connectivity index (χ2n) is 7.32. The van der Waals surface area contributed by atoms with Crippen LogP contribution in [-0.4, -0.2) is 40.7 Å². The highest BCUT2D eigenvalue weighted by Gasteiger charge is 2.19. The molecule has 0 radical (unpaired) electrons. The van der Waals surface area contributed by atoms with Crippen LogP contribution in [0.5, 0.6) is 0 Å². The number of aromatic nitrogens is 3. The molecule has 0 spiro atoms. The van der Waals surface area contributed by atoms with Crippen molar-refractivity contribution >= 4 is 22.8 Å². The molecule has 0 saturated carbocycles. The number of nitrogens with one attached hydrogen (secondary N) is 1. The molecule has 0 aliphatic carbocycles. The lowest BCUT2D eigenvalue weighted by atomic mass is 10.0. The van der Waals surface area contributed by atoms with E-state index in [9.17, 15) is 4.39 Å². The van der Waals surface area contributed by atoms with Crippen LogP contribution in [0.15, 0.2) is 74.2 Å². The van der Waals surface area contributed by atoms with E-state index in [2.05, 4.69) is 45.5 Å². The van der Waals surface area contributed by atoms with Gasteiger partial charge in [-0.15, -0.1) is 13.2 Å². The molecule has 0 atom stereocenters. The maximum Gasteiger partial charge on any atom is 0.157 e. The lowest BCUT2D eigenvalue weighted by Crippen LogP contribution is -2.36. The van der Waals surface area contributed by atoms with E-state index >= 15 is 0 Å². The highest BCUT2D eigenvalue weighted by atomic mass is 19.1. The Hall–Kier alpha value is -3.71. The molecule has 1 saturated heterocycles. The van der Waals surface area contributed by atoms with Gasteiger partial charge in [-0.3, -0.25) is 9.38 Å². The molecule has 3 heterocycles. The summed E-state index contributed by atoms with van der Waals surface area (Å²) in [7, 11) is 0. The number of morpholine rings is 1. The van der Waals surface area contributed by atoms with E-state index in [0.717, 1.165) is 43.2 Å². The van der Waals surface area contributed by atoms with E-state index in [-0.39, 0.29) is 5.82 Å². The summed E-state index contributed by atoms with van der Waals surface area (Å²) in [6, 6.07) is 13.3. The van der Waals surface area contributed by atoms with Gasteiger partial charge in [0.15, 0.2) is 5.65 Å². The van der Waals surface area contributed by atoms with Gasteiger partial charge >= 0.3 is 0 Å². The first-order valence-corrected chi connectivity index (χ1v) is 10.5. The summed E-state index contributed by atoms with van der Waals surface area (Å²) in [6.07, 6.45) is 5.19. The Morgan fingerprint density at radius 3 is 2.53 bits per heavy atom. The Morgan fingerprint density at radius 2 is 1.81 bits per heavy atom. The number of anilines is 3. The molecule has 1 aliphatic heterocycles. The Morgan fingerprint density at radius 1 is 1.06 bits per heavy atom. The van der Waals surface area contributed by atoms with E-state index in [4.69, 9.17) is 4.74 Å². The molecule has 0 unspecified atom stereocenters. The molecule has 1 N–H and O–H groups in total. The smallest absolute Gasteiger partial charge is 0.157 e. The van der Waals surface area contributed by atoms with Crippen molar-refractivity contribution in [2.75, 3.05) is 36.5 Å². The second-order valence-corrected chi connectivity index (χ2v) is 7.32. The fourth-order valence-electron chi connectivity index (χ4n) is 3.85. The molecule has 1 aliphatic rings. The average molecular weight is 432 g/mol. The molecular weight excluding hydrogens is 405 g/mol. The number of nitrogens with zero attached hydrogens (tertiary/aromatic N) is 4. The van der Waals surface area contributed by atoms with Gasteiger partial charge in [0.1, 0.15) is 17.3 Å². The van der Waals surface area contributed by atoms with Crippen LogP contribution < -0.4 is 10.2 Å². The van der Waals surface area contributed by atoms with Crippen molar-refractivity contribution in [2.24, 2.45) is 0 Å². The maximum atomic E-state index is 14.7. The third kappa shape index (κ3) is 4.20. The molecule has 6 nitrogen and oxygen atoms in total. The van der Waals surface area contributed by atoms with Crippen molar-refractivity contribution in [2.45, 2.75) is 6.92 Å². The molecule has 7 heteroatoms. The summed E-state index contributed by atoms with van der Waals surface area (Å²) in [5.74, 6) is 0.414. The van der Waals surface area contributed by atoms with E-state index in [0.29, 0.717) is 22.7 Å². The first-order valence-electron chi connectivity index (χ1n) is 10.5. The molecule has 4 aromatic rings. The van der Waals surface area contributed by atoms with Crippen molar-refractivity contribution in [3.8, 4) is 11.3 Å². The van der Waals surface area contributed by atoms with Crippen LogP contribution in [0.25, 0.3) is 16.9 Å². The highest BCUT2D eigenvalue weighted by molar-refractivity contribution is 5.81. The third-order valence-electron chi connectivity index (χ3n) is 5.40. The Bertz CT molecular complexity index is 1180. The standard InChI is InChI=1S/C23H22FN5O.C2H4/c1-16-3-2-4-19(24)21(16)22-23(29-10-9-25-15-20(29)27-22)26-17-5-7-18(8-6-17)28-11-13-30-14-12-28;1-2/h2-10,15,26H,11-14H2,1H3;1-2H2. The lowest BCUT2D eigenvalue weighted by Gasteiger charge is -2.29. The SMILES string of the molecule is C=C.Cc1cccc(F)c1-c1nc2cnccn2c1Nc1ccc(N2CCOCC2)cc1. The van der Waals surface area contributed by atoms with E-state index in [1.807, 2.05) is 35.7 Å². The van der Waals surface area contributed by atoms with Gasteiger partial charge in [-0.1, -0.05) is 12.1 Å². The fourth-order valence-corrected chi connectivity index (χ4v) is 3.85. The first kappa shape index (κ1) is 21.5. The van der Waals surface area contributed by atoms with Gasteiger partial charge in [-0.2, -0.15) is 0 Å². The van der Waals surface area contributed by atoms with Gasteiger partial charge in [0.25, 0.3) is 0 Å². The quantitative estimate of drug-likeness (QED) is 0.449. The summed E-state index contributed by atoms with van der Waals surface area (Å²) < 4.78 is 22.1. The molecule has 32 heavy (non-hydrogen) atoms. The van der Waals surface area contributed by atoms with Gasteiger partial charge in [0, 0.05) is 42.4 Å². The normalized spacial score (nSPS) is 13.5. The molecule has 0 bridgehead atoms. The number of benzene rings is 2. The summed E-state index contributed by atoms with van der Waals surface area (Å²) in [5.41, 5.74) is 4.61. The summed E-state index contributed by atoms with van der Waals surface area (Å²) in [5, 5.41) is 3.44. The fraction of sp³-hybridized carbons (Fsp3) is 0.200. The second kappa shape index (κ2) is 9.62. The molecule has 2 aromatic heterocycles. The number of ether oxygens (including phenoxy) is 1. The summed E-state index contributed by atoms with van der Waals surface area (Å²) in [4.78, 5) is 11.1. The number of fused-ring (bicyclic) bond motifs is 1. The van der Waals surface area contributed by atoms with Gasteiger partial charge in [-0.25, -0.2) is 9.37 Å². The van der Waals surface area contributed by atoms with Crippen LogP contribution in [0.1, 0.15) is 5.56 Å². The van der Waals surface area contributed by atoms with Crippen LogP contribution >= 0.6 is 0 Å². The lowest BCUT2D eigenvalue weighted by molar-refractivity contribution is 0.122. The van der Waals surface area contributed by atoms with Crippen LogP contribution in [0.2, 0.25) is 0 Å². The molecule has 0 amide bonds. The van der Waals surface area contributed by atoms with Crippen molar-refractivity contribution in [1.29, 1.82) is 0 Å². The van der Waals surface area contributed by atoms with Crippen molar-refractivity contribution in [1.82, 2.24) is 14.4 Å². The molecule has 2 aromatic carbocycles. The van der Waals surface area contributed by atoms with Crippen LogP contribution in [-0.2, 0) is 4.74 Å². The predicted octanol–water partition coefficient (Wildman–Crippen LogP) is 5.23. The number of aryl methyl sites for hydroxylation is 1. The van der Waals surface area contributed by atoms with Gasteiger partial charge < -0.3 is 15.0 Å². The van der Waals surface area contributed by atoms with E-state index in [1.54, 1.807) is 18.5 Å². The highest BCUT2D eigenvalue weighted by Crippen LogP contribution is 2.34. The van der Waals surface area contributed by atoms with Crippen LogP contribution in [0.3, 0.4) is 0 Å². The van der Waals surface area contributed by atoms with Crippen LogP contribution in [0.4, 0.5) is 21.6 Å². The first-order chi connectivity index (χ1) is 15.7. The minimum absolute atomic E-state index is 0.294. The zero-order chi connectivity index (χ0) is 22.5. The van der Waals surface area contributed by atoms with Gasteiger partial charge in [0.2, 0.25) is 0 Å². The number of imidazole rings is 1. The van der Waals surface area contributed by atoms with Crippen molar-refractivity contribution in [3.63, 3.8) is 0 Å². The van der Waals surface area contributed by atoms with Crippen molar-refractivity contribution in [3.05, 3.63) is 85.6 Å². The van der Waals surface area contributed by atoms with Crippen LogP contribution in [0, 0.1) is 12.7 Å². The Kier molecular flexibility index (Phi) is 6.47. The van der Waals surface area contributed by atoms with Crippen molar-refractivity contribution < 1.29 is 9.13 Å². The van der Waals surface area contributed by atoms with Gasteiger partial charge in [0.05, 0.1) is 19.4 Å². The number of hydrogen-bond donors (Lipinski definition) is 1. The predicted molar refractivity (Wildman–Crippen MR) is 127 cm³/mol. The minimum Gasteiger partial charge on any atom is -0.378 e. The van der Waals surface area contributed by atoms with E-state index < -0.39 is 0 Å². The average Bonchev–Trinajstić information content (AvgIpc) is 3.19. The zero-order valence-corrected chi connectivity index (χ0v) is 18.1. The monoisotopic (exact) mass is 431 g/mol. The molecule has 1 fully saturated rings. The molecule has 164 valence electrons. The zero-order valence-electron chi connectivity index (χ0n) is 18.1. The third-order valence-corrected chi connectivity index (χ3v) is 5.40.